The molecule has 2 aromatic carbocycles. The molecule has 0 aromatic heterocycles. The molecule has 5 nitrogen and oxygen atoms in total. The molecule has 0 spiro atoms. The van der Waals surface area contributed by atoms with E-state index >= 15 is 0 Å². The molecule has 0 bridgehead atoms. The standard InChI is InChI=1S/C15H11Cl2N3O2S/c16-10-2-3-12(11(17)6-10)19-15(23)20-18-7-9-1-4-13-14(5-9)22-8-21-13/h1-7H,8H2,(H2,19,20,23)/b18-7+. The Hall–Kier alpha value is -2.02. The van der Waals surface area contributed by atoms with Gasteiger partial charge in [0.1, 0.15) is 0 Å². The summed E-state index contributed by atoms with van der Waals surface area (Å²) < 4.78 is 10.5. The molecule has 0 unspecified atom stereocenters. The maximum atomic E-state index is 6.06. The highest BCUT2D eigenvalue weighted by Crippen LogP contribution is 2.32. The van der Waals surface area contributed by atoms with E-state index in [9.17, 15) is 0 Å². The van der Waals surface area contributed by atoms with E-state index in [4.69, 9.17) is 44.9 Å². The normalized spacial score (nSPS) is 12.4. The van der Waals surface area contributed by atoms with Gasteiger partial charge in [0, 0.05) is 5.02 Å². The van der Waals surface area contributed by atoms with Crippen LogP contribution in [0.25, 0.3) is 0 Å². The van der Waals surface area contributed by atoms with Crippen LogP contribution in [0.2, 0.25) is 10.0 Å². The van der Waals surface area contributed by atoms with Gasteiger partial charge in [0.25, 0.3) is 0 Å². The van der Waals surface area contributed by atoms with Gasteiger partial charge in [-0.1, -0.05) is 23.2 Å². The van der Waals surface area contributed by atoms with E-state index < -0.39 is 0 Å². The van der Waals surface area contributed by atoms with Crippen molar-refractivity contribution >= 4 is 52.4 Å². The second-order valence-electron chi connectivity index (χ2n) is 4.56. The number of benzene rings is 2. The van der Waals surface area contributed by atoms with Gasteiger partial charge in [-0.2, -0.15) is 5.10 Å². The van der Waals surface area contributed by atoms with Crippen molar-refractivity contribution < 1.29 is 9.47 Å². The van der Waals surface area contributed by atoms with E-state index in [0.717, 1.165) is 11.3 Å². The zero-order valence-electron chi connectivity index (χ0n) is 11.7. The van der Waals surface area contributed by atoms with Gasteiger partial charge in [-0.3, -0.25) is 5.43 Å². The zero-order valence-corrected chi connectivity index (χ0v) is 14.0. The lowest BCUT2D eigenvalue weighted by Crippen LogP contribution is -2.24. The van der Waals surface area contributed by atoms with Crippen molar-refractivity contribution in [3.05, 3.63) is 52.0 Å². The molecule has 0 amide bonds. The SMILES string of the molecule is S=C(N/N=C/c1ccc2c(c1)OCO2)Nc1ccc(Cl)cc1Cl. The van der Waals surface area contributed by atoms with Crippen LogP contribution in [0.1, 0.15) is 5.56 Å². The Morgan fingerprint density at radius 3 is 2.78 bits per heavy atom. The highest BCUT2D eigenvalue weighted by Gasteiger charge is 2.12. The third-order valence-electron chi connectivity index (χ3n) is 2.96. The van der Waals surface area contributed by atoms with Gasteiger partial charge < -0.3 is 14.8 Å². The van der Waals surface area contributed by atoms with Gasteiger partial charge in [-0.15, -0.1) is 0 Å². The highest BCUT2D eigenvalue weighted by atomic mass is 35.5. The number of hydrogen-bond donors (Lipinski definition) is 2. The monoisotopic (exact) mass is 367 g/mol. The van der Waals surface area contributed by atoms with Crippen molar-refractivity contribution in [2.75, 3.05) is 12.1 Å². The minimum absolute atomic E-state index is 0.240. The van der Waals surface area contributed by atoms with E-state index in [1.165, 1.54) is 0 Å². The maximum Gasteiger partial charge on any atom is 0.231 e. The molecule has 2 N–H and O–H groups in total. The number of hydrogen-bond acceptors (Lipinski definition) is 4. The van der Waals surface area contributed by atoms with Crippen LogP contribution in [0.5, 0.6) is 11.5 Å². The number of halogens is 2. The lowest BCUT2D eigenvalue weighted by atomic mass is 10.2. The molecule has 0 fully saturated rings. The van der Waals surface area contributed by atoms with Crippen molar-refractivity contribution in [1.29, 1.82) is 0 Å². The van der Waals surface area contributed by atoms with Crippen LogP contribution in [0.4, 0.5) is 5.69 Å². The van der Waals surface area contributed by atoms with Crippen molar-refractivity contribution in [1.82, 2.24) is 5.43 Å². The van der Waals surface area contributed by atoms with Crippen LogP contribution in [0.15, 0.2) is 41.5 Å². The third kappa shape index (κ3) is 4.04. The fraction of sp³-hybridized carbons (Fsp3) is 0.0667. The number of fused-ring (bicyclic) bond motifs is 1. The third-order valence-corrected chi connectivity index (χ3v) is 3.70. The number of rotatable bonds is 3. The largest absolute Gasteiger partial charge is 0.454 e. The highest BCUT2D eigenvalue weighted by molar-refractivity contribution is 7.80. The van der Waals surface area contributed by atoms with Gasteiger partial charge in [0.2, 0.25) is 6.79 Å². The molecular formula is C15H11Cl2N3O2S. The van der Waals surface area contributed by atoms with Crippen molar-refractivity contribution in [3.63, 3.8) is 0 Å². The molecule has 1 aliphatic heterocycles. The summed E-state index contributed by atoms with van der Waals surface area (Å²) in [5.74, 6) is 1.42. The Morgan fingerprint density at radius 2 is 1.96 bits per heavy atom. The van der Waals surface area contributed by atoms with E-state index in [-0.39, 0.29) is 6.79 Å². The molecule has 1 aliphatic rings. The van der Waals surface area contributed by atoms with Crippen molar-refractivity contribution in [2.45, 2.75) is 0 Å². The summed E-state index contributed by atoms with van der Waals surface area (Å²) in [5.41, 5.74) is 4.22. The topological polar surface area (TPSA) is 54.9 Å². The van der Waals surface area contributed by atoms with Gasteiger partial charge in [-0.05, 0) is 54.2 Å². The number of nitrogens with one attached hydrogen (secondary N) is 2. The molecule has 0 atom stereocenters. The van der Waals surface area contributed by atoms with Crippen LogP contribution < -0.4 is 20.2 Å². The summed E-state index contributed by atoms with van der Waals surface area (Å²) in [6, 6.07) is 10.6. The molecule has 2 aromatic rings. The van der Waals surface area contributed by atoms with Crippen molar-refractivity contribution in [3.8, 4) is 11.5 Å². The van der Waals surface area contributed by atoms with Gasteiger partial charge >= 0.3 is 0 Å². The number of hydrazone groups is 1. The number of ether oxygens (including phenoxy) is 2. The summed E-state index contributed by atoms with van der Waals surface area (Å²) in [4.78, 5) is 0. The molecular weight excluding hydrogens is 357 g/mol. The van der Waals surface area contributed by atoms with Crippen LogP contribution in [-0.4, -0.2) is 18.1 Å². The Balaban J connectivity index is 1.58. The molecule has 3 rings (SSSR count). The summed E-state index contributed by atoms with van der Waals surface area (Å²) in [5, 5.41) is 8.34. The Kier molecular flexibility index (Phi) is 4.85. The van der Waals surface area contributed by atoms with Gasteiger partial charge in [0.05, 0.1) is 16.9 Å². The predicted molar refractivity (Wildman–Crippen MR) is 96.0 cm³/mol. The van der Waals surface area contributed by atoms with Crippen molar-refractivity contribution in [2.24, 2.45) is 5.10 Å². The van der Waals surface area contributed by atoms with Gasteiger partial charge in [0.15, 0.2) is 16.6 Å². The molecule has 0 saturated heterocycles. The summed E-state index contributed by atoms with van der Waals surface area (Å²) in [6.45, 7) is 0.240. The lowest BCUT2D eigenvalue weighted by molar-refractivity contribution is 0.174. The average molecular weight is 368 g/mol. The van der Waals surface area contributed by atoms with E-state index in [0.29, 0.717) is 26.6 Å². The van der Waals surface area contributed by atoms with Gasteiger partial charge in [-0.25, -0.2) is 0 Å². The minimum atomic E-state index is 0.240. The molecule has 23 heavy (non-hydrogen) atoms. The molecule has 0 radical (unpaired) electrons. The second-order valence-corrected chi connectivity index (χ2v) is 5.81. The molecule has 1 heterocycles. The fourth-order valence-corrected chi connectivity index (χ4v) is 2.52. The molecule has 0 aliphatic carbocycles. The number of nitrogens with zero attached hydrogens (tertiary/aromatic N) is 1. The summed E-state index contributed by atoms with van der Waals surface area (Å²) in [7, 11) is 0. The molecule has 118 valence electrons. The number of thiocarbonyl (C=S) groups is 1. The maximum absolute atomic E-state index is 6.06. The first-order chi connectivity index (χ1) is 11.1. The van der Waals surface area contributed by atoms with Crippen LogP contribution in [-0.2, 0) is 0 Å². The molecule has 0 saturated carbocycles. The smallest absolute Gasteiger partial charge is 0.231 e. The summed E-state index contributed by atoms with van der Waals surface area (Å²) >= 11 is 17.1. The first-order valence-electron chi connectivity index (χ1n) is 6.56. The fourth-order valence-electron chi connectivity index (χ4n) is 1.90. The van der Waals surface area contributed by atoms with Crippen LogP contribution in [0, 0.1) is 0 Å². The average Bonchev–Trinajstić information content (AvgIpc) is 2.98. The Labute approximate surface area is 148 Å². The predicted octanol–water partition coefficient (Wildman–Crippen LogP) is 4.04. The minimum Gasteiger partial charge on any atom is -0.454 e. The first-order valence-corrected chi connectivity index (χ1v) is 7.73. The van der Waals surface area contributed by atoms with Crippen LogP contribution in [0.3, 0.4) is 0 Å². The summed E-state index contributed by atoms with van der Waals surface area (Å²) in [6.07, 6.45) is 1.62. The van der Waals surface area contributed by atoms with E-state index in [1.807, 2.05) is 18.2 Å². The first kappa shape index (κ1) is 15.9. The van der Waals surface area contributed by atoms with E-state index in [1.54, 1.807) is 24.4 Å². The van der Waals surface area contributed by atoms with E-state index in [2.05, 4.69) is 15.8 Å². The Bertz CT molecular complexity index is 783. The Morgan fingerprint density at radius 1 is 1.13 bits per heavy atom. The lowest BCUT2D eigenvalue weighted by Gasteiger charge is -2.08. The number of anilines is 1. The quantitative estimate of drug-likeness (QED) is 0.487. The zero-order chi connectivity index (χ0) is 16.2. The second kappa shape index (κ2) is 7.04. The molecule has 8 heteroatoms. The van der Waals surface area contributed by atoms with Crippen LogP contribution >= 0.6 is 35.4 Å².